The predicted molar refractivity (Wildman–Crippen MR) is 121 cm³/mol. The number of carboxylic acid groups (broad SMARTS) is 2. The summed E-state index contributed by atoms with van der Waals surface area (Å²) in [4.78, 5) is 48.7. The summed E-state index contributed by atoms with van der Waals surface area (Å²) in [6.45, 7) is 1.47. The van der Waals surface area contributed by atoms with E-state index >= 15 is 0 Å². The average molecular weight is 442 g/mol. The lowest BCUT2D eigenvalue weighted by molar-refractivity contribution is -0.127. The van der Waals surface area contributed by atoms with Gasteiger partial charge in [-0.25, -0.2) is 9.59 Å². The third-order valence-electron chi connectivity index (χ3n) is 6.46. The predicted octanol–water partition coefficient (Wildman–Crippen LogP) is 4.67. The van der Waals surface area contributed by atoms with Crippen LogP contribution in [0.15, 0.2) is 78.9 Å². The quantitative estimate of drug-likeness (QED) is 0.515. The van der Waals surface area contributed by atoms with Crippen LogP contribution in [0.1, 0.15) is 61.0 Å². The molecule has 4 atom stereocenters. The summed E-state index contributed by atoms with van der Waals surface area (Å²) in [6, 6.07) is 21.7. The average Bonchev–Trinajstić information content (AvgIpc) is 2.79. The molecule has 2 N–H and O–H groups in total. The van der Waals surface area contributed by atoms with Crippen molar-refractivity contribution in [1.82, 2.24) is 0 Å². The van der Waals surface area contributed by atoms with Gasteiger partial charge in [0.2, 0.25) is 0 Å². The number of rotatable bonds is 7. The van der Waals surface area contributed by atoms with Gasteiger partial charge in [0.15, 0.2) is 5.78 Å². The number of hydrogen-bond acceptors (Lipinski definition) is 4. The van der Waals surface area contributed by atoms with Gasteiger partial charge in [0.25, 0.3) is 0 Å². The molecule has 4 rings (SSSR count). The summed E-state index contributed by atoms with van der Waals surface area (Å²) in [7, 11) is 0. The number of Topliss-reactive ketones (excluding diaryl/α,β-unsaturated/α-hetero) is 2. The Bertz CT molecular complexity index is 1210. The number of carbonyl (C=O) groups excluding carboxylic acids is 2. The topological polar surface area (TPSA) is 109 Å². The lowest BCUT2D eigenvalue weighted by atomic mass is 9.50. The molecule has 2 unspecified atom stereocenters. The zero-order valence-corrected chi connectivity index (χ0v) is 17.8. The molecule has 1 saturated carbocycles. The van der Waals surface area contributed by atoms with Crippen molar-refractivity contribution < 1.29 is 29.4 Å². The van der Waals surface area contributed by atoms with E-state index in [1.54, 1.807) is 12.1 Å². The normalized spacial score (nSPS) is 21.6. The minimum absolute atomic E-state index is 0.0827. The van der Waals surface area contributed by atoms with Gasteiger partial charge >= 0.3 is 11.9 Å². The van der Waals surface area contributed by atoms with E-state index in [1.165, 1.54) is 43.3 Å². The van der Waals surface area contributed by atoms with Crippen LogP contribution in [0.3, 0.4) is 0 Å². The van der Waals surface area contributed by atoms with Gasteiger partial charge in [-0.1, -0.05) is 54.6 Å². The molecular weight excluding hydrogens is 420 g/mol. The highest BCUT2D eigenvalue weighted by Crippen LogP contribution is 2.59. The van der Waals surface area contributed by atoms with Gasteiger partial charge in [0.05, 0.1) is 11.1 Å². The van der Waals surface area contributed by atoms with E-state index in [2.05, 4.69) is 0 Å². The molecule has 0 saturated heterocycles. The van der Waals surface area contributed by atoms with Gasteiger partial charge in [-0.05, 0) is 42.3 Å². The molecule has 0 spiro atoms. The molecule has 6 nitrogen and oxygen atoms in total. The first-order chi connectivity index (χ1) is 15.8. The summed E-state index contributed by atoms with van der Waals surface area (Å²) in [6.07, 6.45) is 0. The Balaban J connectivity index is 1.76. The Hall–Kier alpha value is -4.06. The molecule has 3 aromatic rings. The van der Waals surface area contributed by atoms with Crippen molar-refractivity contribution >= 4 is 23.5 Å². The smallest absolute Gasteiger partial charge is 0.335 e. The van der Waals surface area contributed by atoms with Crippen molar-refractivity contribution in [1.29, 1.82) is 0 Å². The largest absolute Gasteiger partial charge is 0.478 e. The molecule has 0 radical (unpaired) electrons. The molecule has 33 heavy (non-hydrogen) atoms. The van der Waals surface area contributed by atoms with Gasteiger partial charge in [-0.2, -0.15) is 0 Å². The van der Waals surface area contributed by atoms with Gasteiger partial charge < -0.3 is 10.2 Å². The summed E-state index contributed by atoms with van der Waals surface area (Å²) in [5.74, 6) is -4.17. The third-order valence-corrected chi connectivity index (χ3v) is 6.46. The molecule has 0 amide bonds. The molecule has 3 aromatic carbocycles. The third kappa shape index (κ3) is 4.07. The van der Waals surface area contributed by atoms with Crippen LogP contribution in [0, 0.1) is 11.8 Å². The van der Waals surface area contributed by atoms with Crippen LogP contribution in [0.2, 0.25) is 0 Å². The van der Waals surface area contributed by atoms with Gasteiger partial charge in [-0.3, -0.25) is 9.59 Å². The number of benzene rings is 3. The lowest BCUT2D eigenvalue weighted by Crippen LogP contribution is -2.50. The number of aromatic carboxylic acids is 2. The molecule has 6 heteroatoms. The first-order valence-corrected chi connectivity index (χ1v) is 10.6. The Morgan fingerprint density at radius 1 is 0.576 bits per heavy atom. The maximum Gasteiger partial charge on any atom is 0.335 e. The zero-order valence-electron chi connectivity index (χ0n) is 17.8. The minimum Gasteiger partial charge on any atom is -0.478 e. The van der Waals surface area contributed by atoms with Crippen LogP contribution in [0.5, 0.6) is 0 Å². The first kappa shape index (κ1) is 22.1. The van der Waals surface area contributed by atoms with E-state index in [1.807, 2.05) is 30.3 Å². The highest BCUT2D eigenvalue weighted by molar-refractivity contribution is 6.03. The Labute approximate surface area is 190 Å². The van der Waals surface area contributed by atoms with Crippen LogP contribution < -0.4 is 0 Å². The second kappa shape index (κ2) is 8.82. The van der Waals surface area contributed by atoms with Crippen LogP contribution in [-0.4, -0.2) is 33.7 Å². The molecular formula is C27H22O6. The lowest BCUT2D eigenvalue weighted by Gasteiger charge is -2.51. The number of carboxylic acids is 2. The van der Waals surface area contributed by atoms with Crippen molar-refractivity contribution in [2.75, 3.05) is 0 Å². The van der Waals surface area contributed by atoms with Gasteiger partial charge in [-0.15, -0.1) is 0 Å². The van der Waals surface area contributed by atoms with Crippen molar-refractivity contribution in [2.45, 2.75) is 18.8 Å². The fraction of sp³-hybridized carbons (Fsp3) is 0.185. The second-order valence-corrected chi connectivity index (χ2v) is 8.30. The van der Waals surface area contributed by atoms with Crippen LogP contribution in [0.4, 0.5) is 0 Å². The maximum absolute atomic E-state index is 13.5. The van der Waals surface area contributed by atoms with Gasteiger partial charge in [0.1, 0.15) is 5.78 Å². The molecule has 0 aliphatic heterocycles. The molecule has 1 aliphatic rings. The Kier molecular flexibility index (Phi) is 5.92. The molecule has 1 fully saturated rings. The summed E-state index contributed by atoms with van der Waals surface area (Å²) >= 11 is 0. The van der Waals surface area contributed by atoms with E-state index in [4.69, 9.17) is 5.11 Å². The van der Waals surface area contributed by atoms with Crippen LogP contribution >= 0.6 is 0 Å². The molecule has 0 aromatic heterocycles. The van der Waals surface area contributed by atoms with Crippen molar-refractivity contribution in [3.63, 3.8) is 0 Å². The summed E-state index contributed by atoms with van der Waals surface area (Å²) in [5.41, 5.74) is 2.32. The van der Waals surface area contributed by atoms with Crippen LogP contribution in [-0.2, 0) is 4.79 Å². The van der Waals surface area contributed by atoms with Crippen LogP contribution in [0.25, 0.3) is 0 Å². The highest BCUT2D eigenvalue weighted by Gasteiger charge is 2.56. The molecule has 0 bridgehead atoms. The van der Waals surface area contributed by atoms with Crippen molar-refractivity contribution in [2.24, 2.45) is 11.8 Å². The van der Waals surface area contributed by atoms with E-state index < -0.39 is 23.8 Å². The summed E-state index contributed by atoms with van der Waals surface area (Å²) in [5, 5.41) is 18.3. The molecule has 166 valence electrons. The van der Waals surface area contributed by atoms with E-state index in [9.17, 15) is 24.3 Å². The van der Waals surface area contributed by atoms with E-state index in [0.29, 0.717) is 5.56 Å². The fourth-order valence-electron chi connectivity index (χ4n) is 4.90. The number of carbonyl (C=O) groups is 4. The fourth-order valence-corrected chi connectivity index (χ4v) is 4.90. The Morgan fingerprint density at radius 2 is 1.00 bits per heavy atom. The van der Waals surface area contributed by atoms with E-state index in [-0.39, 0.29) is 34.5 Å². The maximum atomic E-state index is 13.5. The van der Waals surface area contributed by atoms with Crippen molar-refractivity contribution in [3.05, 3.63) is 107 Å². The Morgan fingerprint density at radius 3 is 1.48 bits per heavy atom. The zero-order chi connectivity index (χ0) is 23.7. The monoisotopic (exact) mass is 442 g/mol. The first-order valence-electron chi connectivity index (χ1n) is 10.6. The summed E-state index contributed by atoms with van der Waals surface area (Å²) < 4.78 is 0. The van der Waals surface area contributed by atoms with E-state index in [0.717, 1.165) is 11.1 Å². The number of hydrogen-bond donors (Lipinski definition) is 2. The highest BCUT2D eigenvalue weighted by atomic mass is 16.4. The minimum atomic E-state index is -1.08. The van der Waals surface area contributed by atoms with Crippen molar-refractivity contribution in [3.8, 4) is 0 Å². The SMILES string of the molecule is CC(=O)C1C(C(=O)c2ccc(C(=O)O)cc2)[C@@H](c2ccccc2)[C@@H]1c1ccc(C(=O)O)cc1. The molecule has 1 aliphatic carbocycles. The number of ketones is 2. The standard InChI is InChI=1S/C27H22O6/c1-15(28)21-22(17-7-11-19(12-8-17)26(30)31)23(16-5-3-2-4-6-16)24(21)25(29)18-9-13-20(14-10-18)27(32)33/h2-14,21-24H,1H3,(H,30,31)(H,32,33)/t21?,22-,23+,24?/m1/s1. The van der Waals surface area contributed by atoms with Gasteiger partial charge in [0, 0.05) is 29.2 Å². The second-order valence-electron chi connectivity index (χ2n) is 8.30. The molecule has 0 heterocycles.